The molecule has 1 aromatic heterocycles. The highest BCUT2D eigenvalue weighted by molar-refractivity contribution is 5.85. The van der Waals surface area contributed by atoms with E-state index in [1.807, 2.05) is 0 Å². The van der Waals surface area contributed by atoms with Crippen molar-refractivity contribution in [1.82, 2.24) is 0 Å². The van der Waals surface area contributed by atoms with Gasteiger partial charge in [0.15, 0.2) is 0 Å². The number of hydrogen-bond acceptors (Lipinski definition) is 3. The molecule has 2 rings (SSSR count). The first-order valence-corrected chi connectivity index (χ1v) is 5.09. The van der Waals surface area contributed by atoms with Crippen LogP contribution in [0.2, 0.25) is 0 Å². The second-order valence-electron chi connectivity index (χ2n) is 3.65. The van der Waals surface area contributed by atoms with Crippen LogP contribution in [0.3, 0.4) is 0 Å². The van der Waals surface area contributed by atoms with Crippen molar-refractivity contribution in [3.05, 3.63) is 54.0 Å². The van der Waals surface area contributed by atoms with Gasteiger partial charge in [0.2, 0.25) is 0 Å². The summed E-state index contributed by atoms with van der Waals surface area (Å²) in [5.41, 5.74) is 7.34. The molecule has 0 spiro atoms. The molecule has 1 aromatic carbocycles. The number of ether oxygens (including phenoxy) is 1. The Morgan fingerprint density at radius 3 is 2.16 bits per heavy atom. The summed E-state index contributed by atoms with van der Waals surface area (Å²) in [6.45, 7) is 0. The van der Waals surface area contributed by atoms with Gasteiger partial charge in [0.25, 0.3) is 0 Å². The Balaban J connectivity index is 0.00000180. The molecule has 2 N–H and O–H groups in total. The zero-order valence-electron chi connectivity index (χ0n) is 9.55. The van der Waals surface area contributed by atoms with E-state index in [1.54, 1.807) is 6.07 Å². The molecule has 2 aromatic rings. The van der Waals surface area contributed by atoms with Gasteiger partial charge in [0.05, 0.1) is 18.6 Å². The highest BCUT2D eigenvalue weighted by Crippen LogP contribution is 2.26. The van der Waals surface area contributed by atoms with Crippen LogP contribution in [0.5, 0.6) is 5.75 Å². The smallest absolute Gasteiger partial charge is 0.472 e. The lowest BCUT2D eigenvalue weighted by molar-refractivity contribution is -0.274. The average molecular weight is 294 g/mol. The molecule has 0 radical (unpaired) electrons. The van der Waals surface area contributed by atoms with Crippen molar-refractivity contribution in [2.24, 2.45) is 5.73 Å². The number of alkyl halides is 3. The van der Waals surface area contributed by atoms with E-state index in [2.05, 4.69) is 4.74 Å². The second-order valence-corrected chi connectivity index (χ2v) is 3.65. The fourth-order valence-electron chi connectivity index (χ4n) is 1.52. The number of halogens is 4. The van der Waals surface area contributed by atoms with Crippen molar-refractivity contribution in [3.63, 3.8) is 0 Å². The van der Waals surface area contributed by atoms with Crippen LogP contribution >= 0.6 is 12.4 Å². The van der Waals surface area contributed by atoms with Crippen molar-refractivity contribution in [2.75, 3.05) is 0 Å². The van der Waals surface area contributed by atoms with Crippen molar-refractivity contribution >= 4 is 12.4 Å². The fourth-order valence-corrected chi connectivity index (χ4v) is 1.52. The van der Waals surface area contributed by atoms with Crippen molar-refractivity contribution < 1.29 is 22.3 Å². The molecule has 3 nitrogen and oxygen atoms in total. The molecule has 1 atom stereocenters. The molecule has 104 valence electrons. The lowest BCUT2D eigenvalue weighted by Gasteiger charge is -2.12. The molecule has 0 unspecified atom stereocenters. The summed E-state index contributed by atoms with van der Waals surface area (Å²) >= 11 is 0. The van der Waals surface area contributed by atoms with Crippen LogP contribution in [0, 0.1) is 0 Å². The van der Waals surface area contributed by atoms with Crippen LogP contribution in [-0.4, -0.2) is 6.36 Å². The maximum Gasteiger partial charge on any atom is 0.573 e. The lowest BCUT2D eigenvalue weighted by atomic mass is 10.0. The van der Waals surface area contributed by atoms with E-state index in [0.29, 0.717) is 5.56 Å². The van der Waals surface area contributed by atoms with Gasteiger partial charge in [-0.1, -0.05) is 12.1 Å². The molecule has 0 saturated heterocycles. The Hall–Kier alpha value is -1.66. The first kappa shape index (κ1) is 15.4. The molecule has 0 aliphatic carbocycles. The third-order valence-electron chi connectivity index (χ3n) is 2.38. The van der Waals surface area contributed by atoms with Gasteiger partial charge < -0.3 is 14.9 Å². The van der Waals surface area contributed by atoms with E-state index >= 15 is 0 Å². The third-order valence-corrected chi connectivity index (χ3v) is 2.38. The van der Waals surface area contributed by atoms with E-state index in [1.165, 1.54) is 36.8 Å². The summed E-state index contributed by atoms with van der Waals surface area (Å²) in [5, 5.41) is 0. The monoisotopic (exact) mass is 293 g/mol. The summed E-state index contributed by atoms with van der Waals surface area (Å²) in [6.07, 6.45) is -1.71. The van der Waals surface area contributed by atoms with E-state index in [9.17, 15) is 13.2 Å². The topological polar surface area (TPSA) is 48.4 Å². The van der Waals surface area contributed by atoms with E-state index in [4.69, 9.17) is 10.2 Å². The normalized spacial score (nSPS) is 12.6. The second kappa shape index (κ2) is 5.99. The SMILES string of the molecule is Cl.N[C@@H](c1ccc(OC(F)(F)F)cc1)c1ccoc1. The van der Waals surface area contributed by atoms with Crippen LogP contribution < -0.4 is 10.5 Å². The van der Waals surface area contributed by atoms with Crippen molar-refractivity contribution in [2.45, 2.75) is 12.4 Å². The third kappa shape index (κ3) is 4.18. The number of benzene rings is 1. The van der Waals surface area contributed by atoms with Crippen LogP contribution in [-0.2, 0) is 0 Å². The zero-order valence-corrected chi connectivity index (χ0v) is 10.4. The first-order valence-electron chi connectivity index (χ1n) is 5.09. The Labute approximate surface area is 113 Å². The van der Waals surface area contributed by atoms with Gasteiger partial charge in [-0.3, -0.25) is 0 Å². The number of furan rings is 1. The summed E-state index contributed by atoms with van der Waals surface area (Å²) in [7, 11) is 0. The Bertz CT molecular complexity index is 497. The Kier molecular flexibility index (Phi) is 4.85. The van der Waals surface area contributed by atoms with Gasteiger partial charge in [-0.25, -0.2) is 0 Å². The fraction of sp³-hybridized carbons (Fsp3) is 0.167. The highest BCUT2D eigenvalue weighted by atomic mass is 35.5. The van der Waals surface area contributed by atoms with Gasteiger partial charge in [0.1, 0.15) is 5.75 Å². The van der Waals surface area contributed by atoms with Crippen molar-refractivity contribution in [3.8, 4) is 5.75 Å². The summed E-state index contributed by atoms with van der Waals surface area (Å²) in [5.74, 6) is -0.273. The van der Waals surface area contributed by atoms with Gasteiger partial charge in [0, 0.05) is 5.56 Å². The van der Waals surface area contributed by atoms with Gasteiger partial charge >= 0.3 is 6.36 Å². The number of nitrogens with two attached hydrogens (primary N) is 1. The first-order chi connectivity index (χ1) is 8.46. The van der Waals surface area contributed by atoms with Gasteiger partial charge in [-0.15, -0.1) is 25.6 Å². The molecule has 0 amide bonds. The maximum atomic E-state index is 12.0. The zero-order chi connectivity index (χ0) is 13.2. The molecule has 0 aliphatic rings. The van der Waals surface area contributed by atoms with E-state index in [0.717, 1.165) is 5.56 Å². The van der Waals surface area contributed by atoms with Crippen LogP contribution in [0.4, 0.5) is 13.2 Å². The molecular formula is C12H11ClF3NO2. The minimum absolute atomic E-state index is 0. The van der Waals surface area contributed by atoms with Crippen LogP contribution in [0.25, 0.3) is 0 Å². The molecular weight excluding hydrogens is 283 g/mol. The average Bonchev–Trinajstić information content (AvgIpc) is 2.80. The highest BCUT2D eigenvalue weighted by Gasteiger charge is 2.31. The van der Waals surface area contributed by atoms with Crippen LogP contribution in [0.15, 0.2) is 47.3 Å². The number of rotatable bonds is 3. The largest absolute Gasteiger partial charge is 0.573 e. The quantitative estimate of drug-likeness (QED) is 0.939. The molecule has 0 fully saturated rings. The molecule has 0 bridgehead atoms. The molecule has 1 heterocycles. The summed E-state index contributed by atoms with van der Waals surface area (Å²) in [4.78, 5) is 0. The maximum absolute atomic E-state index is 12.0. The standard InChI is InChI=1S/C12H10F3NO2.ClH/c13-12(14,15)18-10-3-1-8(2-4-10)11(16)9-5-6-17-7-9;/h1-7,11H,16H2;1H/t11-;/m0./s1. The van der Waals surface area contributed by atoms with Gasteiger partial charge in [-0.2, -0.15) is 0 Å². The minimum atomic E-state index is -4.69. The van der Waals surface area contributed by atoms with Gasteiger partial charge in [-0.05, 0) is 23.8 Å². The Morgan fingerprint density at radius 2 is 1.68 bits per heavy atom. The molecule has 0 aliphatic heterocycles. The molecule has 7 heteroatoms. The predicted octanol–water partition coefficient (Wildman–Crippen LogP) is 3.65. The molecule has 19 heavy (non-hydrogen) atoms. The predicted molar refractivity (Wildman–Crippen MR) is 65.1 cm³/mol. The van der Waals surface area contributed by atoms with E-state index in [-0.39, 0.29) is 18.2 Å². The summed E-state index contributed by atoms with van der Waals surface area (Å²) < 4.78 is 44.6. The van der Waals surface area contributed by atoms with Crippen molar-refractivity contribution in [1.29, 1.82) is 0 Å². The van der Waals surface area contributed by atoms with E-state index < -0.39 is 12.4 Å². The Morgan fingerprint density at radius 1 is 1.05 bits per heavy atom. The summed E-state index contributed by atoms with van der Waals surface area (Å²) in [6, 6.07) is 6.68. The molecule has 0 saturated carbocycles. The lowest BCUT2D eigenvalue weighted by Crippen LogP contribution is -2.17. The number of hydrogen-bond donors (Lipinski definition) is 1. The minimum Gasteiger partial charge on any atom is -0.472 e. The van der Waals surface area contributed by atoms with Crippen LogP contribution in [0.1, 0.15) is 17.2 Å².